The molecule has 16 heavy (non-hydrogen) atoms. The molecule has 88 valence electrons. The largest absolute Gasteiger partial charge is 0.377 e. The maximum absolute atomic E-state index is 12.7. The van der Waals surface area contributed by atoms with E-state index in [0.29, 0.717) is 6.10 Å². The average Bonchev–Trinajstić information content (AvgIpc) is 2.74. The van der Waals surface area contributed by atoms with Crippen molar-refractivity contribution in [3.8, 4) is 0 Å². The van der Waals surface area contributed by atoms with Crippen LogP contribution in [0.5, 0.6) is 0 Å². The van der Waals surface area contributed by atoms with Crippen molar-refractivity contribution < 1.29 is 9.13 Å². The molecule has 2 nitrogen and oxygen atoms in total. The first-order valence-corrected chi connectivity index (χ1v) is 5.78. The Morgan fingerprint density at radius 1 is 1.38 bits per heavy atom. The molecule has 1 aromatic rings. The average molecular weight is 223 g/mol. The van der Waals surface area contributed by atoms with Gasteiger partial charge < -0.3 is 4.74 Å². The second-order valence-electron chi connectivity index (χ2n) is 4.46. The van der Waals surface area contributed by atoms with Gasteiger partial charge in [0.15, 0.2) is 0 Å². The first kappa shape index (κ1) is 11.6. The molecule has 3 heteroatoms. The number of nitrogens with zero attached hydrogens (tertiary/aromatic N) is 1. The van der Waals surface area contributed by atoms with Crippen LogP contribution in [0.3, 0.4) is 0 Å². The topological polar surface area (TPSA) is 12.5 Å². The van der Waals surface area contributed by atoms with E-state index in [1.54, 1.807) is 0 Å². The Bertz CT molecular complexity index is 319. The highest BCUT2D eigenvalue weighted by molar-refractivity contribution is 5.15. The van der Waals surface area contributed by atoms with Gasteiger partial charge in [-0.2, -0.15) is 0 Å². The van der Waals surface area contributed by atoms with Crippen LogP contribution in [0.4, 0.5) is 4.39 Å². The molecule has 0 spiro atoms. The summed E-state index contributed by atoms with van der Waals surface area (Å²) in [6.07, 6.45) is 2.72. The molecule has 1 aliphatic heterocycles. The highest BCUT2D eigenvalue weighted by atomic mass is 19.1. The van der Waals surface area contributed by atoms with E-state index in [2.05, 4.69) is 11.9 Å². The fraction of sp³-hybridized carbons (Fsp3) is 0.538. The SMILES string of the molecule is CN(Cc1ccc(F)cc1)C[C@H]1CCCO1. The van der Waals surface area contributed by atoms with Crippen LogP contribution in [0.1, 0.15) is 18.4 Å². The van der Waals surface area contributed by atoms with E-state index < -0.39 is 0 Å². The minimum atomic E-state index is -0.175. The molecule has 1 atom stereocenters. The molecular weight excluding hydrogens is 205 g/mol. The Kier molecular flexibility index (Phi) is 3.91. The van der Waals surface area contributed by atoms with Crippen molar-refractivity contribution in [1.29, 1.82) is 0 Å². The minimum absolute atomic E-state index is 0.175. The molecule has 1 aromatic carbocycles. The monoisotopic (exact) mass is 223 g/mol. The lowest BCUT2D eigenvalue weighted by molar-refractivity contribution is 0.0793. The summed E-state index contributed by atoms with van der Waals surface area (Å²) in [5, 5.41) is 0. The molecular formula is C13H18FNO. The molecule has 0 aliphatic carbocycles. The lowest BCUT2D eigenvalue weighted by Crippen LogP contribution is -2.28. The smallest absolute Gasteiger partial charge is 0.123 e. The predicted octanol–water partition coefficient (Wildman–Crippen LogP) is 2.44. The quantitative estimate of drug-likeness (QED) is 0.777. The Morgan fingerprint density at radius 3 is 2.75 bits per heavy atom. The molecule has 0 amide bonds. The van der Waals surface area contributed by atoms with Gasteiger partial charge in [-0.1, -0.05) is 12.1 Å². The fourth-order valence-electron chi connectivity index (χ4n) is 2.10. The van der Waals surface area contributed by atoms with E-state index in [1.165, 1.54) is 18.6 Å². The zero-order valence-corrected chi connectivity index (χ0v) is 9.66. The summed E-state index contributed by atoms with van der Waals surface area (Å²) in [6.45, 7) is 2.70. The number of likely N-dealkylation sites (N-methyl/N-ethyl adjacent to an activating group) is 1. The number of hydrogen-bond acceptors (Lipinski definition) is 2. The molecule has 2 rings (SSSR count). The van der Waals surface area contributed by atoms with Gasteiger partial charge in [0.1, 0.15) is 5.82 Å². The van der Waals surface area contributed by atoms with Crippen LogP contribution < -0.4 is 0 Å². The van der Waals surface area contributed by atoms with Crippen LogP contribution in [0, 0.1) is 5.82 Å². The van der Waals surface area contributed by atoms with Gasteiger partial charge in [0.25, 0.3) is 0 Å². The van der Waals surface area contributed by atoms with E-state index in [0.717, 1.165) is 31.7 Å². The Morgan fingerprint density at radius 2 is 2.12 bits per heavy atom. The van der Waals surface area contributed by atoms with Gasteiger partial charge in [-0.05, 0) is 37.6 Å². The number of ether oxygens (including phenoxy) is 1. The Hall–Kier alpha value is -0.930. The number of rotatable bonds is 4. The summed E-state index contributed by atoms with van der Waals surface area (Å²) in [7, 11) is 2.07. The highest BCUT2D eigenvalue weighted by Gasteiger charge is 2.17. The van der Waals surface area contributed by atoms with Crippen LogP contribution >= 0.6 is 0 Å². The normalized spacial score (nSPS) is 20.6. The van der Waals surface area contributed by atoms with E-state index in [4.69, 9.17) is 4.74 Å². The van der Waals surface area contributed by atoms with Crippen molar-refractivity contribution in [2.75, 3.05) is 20.2 Å². The summed E-state index contributed by atoms with van der Waals surface area (Å²) in [5.41, 5.74) is 1.14. The third-order valence-electron chi connectivity index (χ3n) is 2.91. The van der Waals surface area contributed by atoms with Crippen LogP contribution in [0.2, 0.25) is 0 Å². The van der Waals surface area contributed by atoms with E-state index >= 15 is 0 Å². The first-order valence-electron chi connectivity index (χ1n) is 5.78. The van der Waals surface area contributed by atoms with E-state index in [-0.39, 0.29) is 5.82 Å². The molecule has 1 fully saturated rings. The Balaban J connectivity index is 1.81. The number of hydrogen-bond donors (Lipinski definition) is 0. The van der Waals surface area contributed by atoms with E-state index in [1.807, 2.05) is 12.1 Å². The van der Waals surface area contributed by atoms with Crippen molar-refractivity contribution in [3.05, 3.63) is 35.6 Å². The van der Waals surface area contributed by atoms with Gasteiger partial charge in [0.05, 0.1) is 6.10 Å². The standard InChI is InChI=1S/C13H18FNO/c1-15(10-13-3-2-8-16-13)9-11-4-6-12(14)7-5-11/h4-7,13H,2-3,8-10H2,1H3/t13-/m1/s1. The molecule has 1 aliphatic rings. The fourth-order valence-corrected chi connectivity index (χ4v) is 2.10. The van der Waals surface area contributed by atoms with Gasteiger partial charge in [-0.3, -0.25) is 4.90 Å². The van der Waals surface area contributed by atoms with Gasteiger partial charge >= 0.3 is 0 Å². The number of halogens is 1. The van der Waals surface area contributed by atoms with Crippen LogP contribution in [0.15, 0.2) is 24.3 Å². The van der Waals surface area contributed by atoms with Crippen LogP contribution in [-0.4, -0.2) is 31.2 Å². The van der Waals surface area contributed by atoms with Gasteiger partial charge in [0, 0.05) is 19.7 Å². The Labute approximate surface area is 96.0 Å². The second-order valence-corrected chi connectivity index (χ2v) is 4.46. The molecule has 0 aromatic heterocycles. The maximum Gasteiger partial charge on any atom is 0.123 e. The summed E-state index contributed by atoms with van der Waals surface area (Å²) >= 11 is 0. The predicted molar refractivity (Wildman–Crippen MR) is 61.7 cm³/mol. The van der Waals surface area contributed by atoms with Crippen LogP contribution in [-0.2, 0) is 11.3 Å². The van der Waals surface area contributed by atoms with Crippen molar-refractivity contribution in [1.82, 2.24) is 4.90 Å². The molecule has 0 radical (unpaired) electrons. The van der Waals surface area contributed by atoms with Crippen molar-refractivity contribution in [2.24, 2.45) is 0 Å². The summed E-state index contributed by atoms with van der Waals surface area (Å²) < 4.78 is 18.3. The van der Waals surface area contributed by atoms with Gasteiger partial charge in [-0.15, -0.1) is 0 Å². The molecule has 1 saturated heterocycles. The molecule has 0 bridgehead atoms. The third-order valence-corrected chi connectivity index (χ3v) is 2.91. The lowest BCUT2D eigenvalue weighted by Gasteiger charge is -2.20. The van der Waals surface area contributed by atoms with Crippen LogP contribution in [0.25, 0.3) is 0 Å². The summed E-state index contributed by atoms with van der Waals surface area (Å²) in [4.78, 5) is 2.23. The first-order chi connectivity index (χ1) is 7.74. The zero-order valence-electron chi connectivity index (χ0n) is 9.66. The van der Waals surface area contributed by atoms with Crippen molar-refractivity contribution in [3.63, 3.8) is 0 Å². The molecule has 0 unspecified atom stereocenters. The minimum Gasteiger partial charge on any atom is -0.377 e. The zero-order chi connectivity index (χ0) is 11.4. The summed E-state index contributed by atoms with van der Waals surface area (Å²) in [5.74, 6) is -0.175. The van der Waals surface area contributed by atoms with Gasteiger partial charge in [-0.25, -0.2) is 4.39 Å². The second kappa shape index (κ2) is 5.41. The molecule has 0 N–H and O–H groups in total. The van der Waals surface area contributed by atoms with Crippen molar-refractivity contribution in [2.45, 2.75) is 25.5 Å². The van der Waals surface area contributed by atoms with Crippen molar-refractivity contribution >= 4 is 0 Å². The van der Waals surface area contributed by atoms with E-state index in [9.17, 15) is 4.39 Å². The van der Waals surface area contributed by atoms with Gasteiger partial charge in [0.2, 0.25) is 0 Å². The number of benzene rings is 1. The highest BCUT2D eigenvalue weighted by Crippen LogP contribution is 2.14. The third kappa shape index (κ3) is 3.29. The summed E-state index contributed by atoms with van der Waals surface area (Å²) in [6, 6.07) is 6.69. The molecule has 0 saturated carbocycles. The lowest BCUT2D eigenvalue weighted by atomic mass is 10.2. The maximum atomic E-state index is 12.7. The molecule has 1 heterocycles.